The zero-order chi connectivity index (χ0) is 15.3. The lowest BCUT2D eigenvalue weighted by molar-refractivity contribution is -0.155. The number of hydrogen-bond donors (Lipinski definition) is 1. The molecule has 5 heteroatoms. The van der Waals surface area contributed by atoms with Crippen LogP contribution < -0.4 is 5.32 Å². The van der Waals surface area contributed by atoms with Gasteiger partial charge in [-0.05, 0) is 30.9 Å². The number of ether oxygens (including phenoxy) is 1. The van der Waals surface area contributed by atoms with Gasteiger partial charge in [-0.1, -0.05) is 20.8 Å². The van der Waals surface area contributed by atoms with Crippen LogP contribution in [0.3, 0.4) is 0 Å². The van der Waals surface area contributed by atoms with E-state index in [-0.39, 0.29) is 12.5 Å². The van der Waals surface area contributed by atoms with Crippen LogP contribution in [0.25, 0.3) is 0 Å². The number of nitrogens with one attached hydrogen (secondary N) is 1. The van der Waals surface area contributed by atoms with Gasteiger partial charge >= 0.3 is 5.97 Å². The molecule has 1 amide bonds. The van der Waals surface area contributed by atoms with Crippen molar-refractivity contribution in [2.24, 2.45) is 11.3 Å². The van der Waals surface area contributed by atoms with E-state index < -0.39 is 17.3 Å². The highest BCUT2D eigenvalue weighted by Gasteiger charge is 2.39. The Morgan fingerprint density at radius 2 is 2.05 bits per heavy atom. The topological polar surface area (TPSA) is 68.3 Å². The van der Waals surface area contributed by atoms with Crippen LogP contribution >= 0.6 is 0 Å². The van der Waals surface area contributed by atoms with Crippen molar-refractivity contribution in [2.75, 3.05) is 11.9 Å². The van der Waals surface area contributed by atoms with E-state index in [0.717, 1.165) is 5.56 Å². The van der Waals surface area contributed by atoms with Gasteiger partial charge in [0.1, 0.15) is 5.92 Å². The van der Waals surface area contributed by atoms with Gasteiger partial charge in [0.2, 0.25) is 5.91 Å². The summed E-state index contributed by atoms with van der Waals surface area (Å²) in [4.78, 5) is 28.4. The average Bonchev–Trinajstić information content (AvgIpc) is 2.30. The summed E-state index contributed by atoms with van der Waals surface area (Å²) >= 11 is 0. The lowest BCUT2D eigenvalue weighted by Gasteiger charge is -2.27. The van der Waals surface area contributed by atoms with E-state index in [1.165, 1.54) is 0 Å². The molecule has 1 unspecified atom stereocenters. The summed E-state index contributed by atoms with van der Waals surface area (Å²) in [5.41, 5.74) is 0.984. The van der Waals surface area contributed by atoms with E-state index >= 15 is 0 Å². The Hall–Kier alpha value is -1.91. The highest BCUT2D eigenvalue weighted by Crippen LogP contribution is 2.28. The van der Waals surface area contributed by atoms with Gasteiger partial charge in [0.05, 0.1) is 6.61 Å². The maximum atomic E-state index is 12.4. The molecule has 1 atom stereocenters. The van der Waals surface area contributed by atoms with Gasteiger partial charge in [0.25, 0.3) is 0 Å². The first-order chi connectivity index (χ1) is 9.27. The summed E-state index contributed by atoms with van der Waals surface area (Å²) in [7, 11) is 0. The van der Waals surface area contributed by atoms with Gasteiger partial charge in [0.15, 0.2) is 0 Å². The lowest BCUT2D eigenvalue weighted by atomic mass is 9.80. The van der Waals surface area contributed by atoms with Crippen LogP contribution in [0, 0.1) is 18.3 Å². The monoisotopic (exact) mass is 278 g/mol. The molecule has 1 aromatic rings. The molecule has 0 aliphatic carbocycles. The number of carbonyl (C=O) groups excluding carboxylic acids is 2. The average molecular weight is 278 g/mol. The number of anilines is 1. The van der Waals surface area contributed by atoms with Crippen molar-refractivity contribution in [2.45, 2.75) is 34.6 Å². The van der Waals surface area contributed by atoms with Crippen LogP contribution in [0.4, 0.5) is 5.69 Å². The van der Waals surface area contributed by atoms with Gasteiger partial charge in [-0.2, -0.15) is 0 Å². The van der Waals surface area contributed by atoms with E-state index in [4.69, 9.17) is 4.74 Å². The number of aryl methyl sites for hydroxylation is 1. The Balaban J connectivity index is 2.95. The third-order valence-electron chi connectivity index (χ3n) is 2.93. The van der Waals surface area contributed by atoms with Gasteiger partial charge in [0, 0.05) is 18.1 Å². The number of nitrogens with zero attached hydrogens (tertiary/aromatic N) is 1. The second kappa shape index (κ2) is 6.50. The second-order valence-corrected chi connectivity index (χ2v) is 5.73. The van der Waals surface area contributed by atoms with Crippen molar-refractivity contribution in [3.8, 4) is 0 Å². The van der Waals surface area contributed by atoms with Crippen molar-refractivity contribution >= 4 is 17.6 Å². The first-order valence-electron chi connectivity index (χ1n) is 6.65. The summed E-state index contributed by atoms with van der Waals surface area (Å²) in [6.07, 6.45) is 3.26. The molecule has 0 fully saturated rings. The Kier molecular flexibility index (Phi) is 5.25. The number of aromatic nitrogens is 1. The molecular weight excluding hydrogens is 256 g/mol. The van der Waals surface area contributed by atoms with E-state index in [1.807, 2.05) is 27.7 Å². The molecule has 1 N–H and O–H groups in total. The maximum Gasteiger partial charge on any atom is 0.319 e. The van der Waals surface area contributed by atoms with E-state index in [9.17, 15) is 9.59 Å². The zero-order valence-corrected chi connectivity index (χ0v) is 12.7. The zero-order valence-electron chi connectivity index (χ0n) is 12.7. The standard InChI is InChI=1S/C15H22N2O3/c1-6-20-14(19)12(15(3,4)5)13(18)17-11-7-8-16-9-10(11)2/h7-9,12H,6H2,1-5H3,(H,16,17,18). The number of rotatable bonds is 4. The smallest absolute Gasteiger partial charge is 0.319 e. The Morgan fingerprint density at radius 1 is 1.40 bits per heavy atom. The van der Waals surface area contributed by atoms with Gasteiger partial charge < -0.3 is 10.1 Å². The lowest BCUT2D eigenvalue weighted by Crippen LogP contribution is -2.40. The van der Waals surface area contributed by atoms with E-state index in [2.05, 4.69) is 10.3 Å². The van der Waals surface area contributed by atoms with Crippen LogP contribution in [0.1, 0.15) is 33.3 Å². The molecule has 1 aromatic heterocycles. The second-order valence-electron chi connectivity index (χ2n) is 5.73. The van der Waals surface area contributed by atoms with Gasteiger partial charge in [-0.25, -0.2) is 0 Å². The molecule has 0 radical (unpaired) electrons. The maximum absolute atomic E-state index is 12.4. The van der Waals surface area contributed by atoms with Crippen molar-refractivity contribution < 1.29 is 14.3 Å². The van der Waals surface area contributed by atoms with E-state index in [0.29, 0.717) is 5.69 Å². The summed E-state index contributed by atoms with van der Waals surface area (Å²) < 4.78 is 5.01. The summed E-state index contributed by atoms with van der Waals surface area (Å²) in [5, 5.41) is 2.78. The molecule has 0 saturated heterocycles. The molecule has 0 aliphatic rings. The molecule has 1 heterocycles. The minimum absolute atomic E-state index is 0.257. The molecule has 0 aromatic carbocycles. The fourth-order valence-corrected chi connectivity index (χ4v) is 1.90. The third-order valence-corrected chi connectivity index (χ3v) is 2.93. The van der Waals surface area contributed by atoms with Crippen molar-refractivity contribution in [3.05, 3.63) is 24.0 Å². The van der Waals surface area contributed by atoms with Gasteiger partial charge in [-0.3, -0.25) is 14.6 Å². The van der Waals surface area contributed by atoms with E-state index in [1.54, 1.807) is 25.4 Å². The van der Waals surface area contributed by atoms with Crippen LogP contribution in [0.2, 0.25) is 0 Å². The predicted octanol–water partition coefficient (Wildman–Crippen LogP) is 2.55. The molecule has 110 valence electrons. The molecule has 0 bridgehead atoms. The number of amides is 1. The first-order valence-corrected chi connectivity index (χ1v) is 6.65. The van der Waals surface area contributed by atoms with Crippen molar-refractivity contribution in [3.63, 3.8) is 0 Å². The highest BCUT2D eigenvalue weighted by atomic mass is 16.5. The van der Waals surface area contributed by atoms with Crippen molar-refractivity contribution in [1.29, 1.82) is 0 Å². The Morgan fingerprint density at radius 3 is 2.55 bits per heavy atom. The summed E-state index contributed by atoms with van der Waals surface area (Å²) in [6.45, 7) is 9.35. The SMILES string of the molecule is CCOC(=O)C(C(=O)Nc1ccncc1C)C(C)(C)C. The third kappa shape index (κ3) is 4.05. The predicted molar refractivity (Wildman–Crippen MR) is 77.2 cm³/mol. The molecule has 0 aliphatic heterocycles. The van der Waals surface area contributed by atoms with Crippen LogP contribution in [-0.2, 0) is 14.3 Å². The largest absolute Gasteiger partial charge is 0.465 e. The van der Waals surface area contributed by atoms with Crippen LogP contribution in [0.5, 0.6) is 0 Å². The molecule has 0 saturated carbocycles. The number of hydrogen-bond acceptors (Lipinski definition) is 4. The number of carbonyl (C=O) groups is 2. The summed E-state index contributed by atoms with van der Waals surface area (Å²) in [6, 6.07) is 1.71. The van der Waals surface area contributed by atoms with Crippen molar-refractivity contribution in [1.82, 2.24) is 4.98 Å². The molecule has 1 rings (SSSR count). The van der Waals surface area contributed by atoms with Crippen LogP contribution in [0.15, 0.2) is 18.5 Å². The Labute approximate surface area is 119 Å². The molecule has 20 heavy (non-hydrogen) atoms. The van der Waals surface area contributed by atoms with Gasteiger partial charge in [-0.15, -0.1) is 0 Å². The Bertz CT molecular complexity index is 492. The fraction of sp³-hybridized carbons (Fsp3) is 0.533. The number of esters is 1. The molecular formula is C15H22N2O3. The van der Waals surface area contributed by atoms with Crippen LogP contribution in [-0.4, -0.2) is 23.5 Å². The quantitative estimate of drug-likeness (QED) is 0.679. The fourth-order valence-electron chi connectivity index (χ4n) is 1.90. The first kappa shape index (κ1) is 16.1. The molecule has 5 nitrogen and oxygen atoms in total. The molecule has 0 spiro atoms. The normalized spacial score (nSPS) is 12.7. The highest BCUT2D eigenvalue weighted by molar-refractivity contribution is 6.05. The summed E-state index contributed by atoms with van der Waals surface area (Å²) in [5.74, 6) is -1.70. The minimum atomic E-state index is -0.852. The number of pyridine rings is 1. The minimum Gasteiger partial charge on any atom is -0.465 e.